The number of aromatic nitrogens is 1. The van der Waals surface area contributed by atoms with Gasteiger partial charge in [-0.1, -0.05) is 50.6 Å². The molecule has 3 rings (SSSR count). The molecule has 0 atom stereocenters. The van der Waals surface area contributed by atoms with Crippen molar-refractivity contribution >= 4 is 21.8 Å². The third-order valence-electron chi connectivity index (χ3n) is 3.59. The van der Waals surface area contributed by atoms with Crippen molar-refractivity contribution in [3.05, 3.63) is 53.6 Å². The third-order valence-corrected chi connectivity index (χ3v) is 3.59. The summed E-state index contributed by atoms with van der Waals surface area (Å²) in [5.74, 6) is 0. The highest BCUT2D eigenvalue weighted by Gasteiger charge is 2.20. The summed E-state index contributed by atoms with van der Waals surface area (Å²) in [4.78, 5) is 4.79. The maximum atomic E-state index is 4.79. The lowest BCUT2D eigenvalue weighted by Gasteiger charge is -2.23. The second kappa shape index (κ2) is 4.06. The Morgan fingerprint density at radius 1 is 0.842 bits per heavy atom. The van der Waals surface area contributed by atoms with E-state index in [9.17, 15) is 0 Å². The first kappa shape index (κ1) is 12.2. The van der Waals surface area contributed by atoms with Gasteiger partial charge in [0.2, 0.25) is 0 Å². The first-order chi connectivity index (χ1) is 8.97. The fourth-order valence-corrected chi connectivity index (χ4v) is 2.81. The van der Waals surface area contributed by atoms with Crippen LogP contribution in [0.15, 0.2) is 42.5 Å². The van der Waals surface area contributed by atoms with E-state index in [0.717, 1.165) is 11.0 Å². The molecule has 1 aromatic heterocycles. The number of hydrogen-bond donors (Lipinski definition) is 0. The van der Waals surface area contributed by atoms with Crippen LogP contribution in [0.1, 0.15) is 31.9 Å². The lowest BCUT2D eigenvalue weighted by molar-refractivity contribution is 0.601. The molecule has 3 aromatic rings. The van der Waals surface area contributed by atoms with E-state index in [4.69, 9.17) is 4.98 Å². The molecular weight excluding hydrogens is 230 g/mol. The molecule has 1 heteroatoms. The number of para-hydroxylation sites is 1. The molecule has 0 saturated carbocycles. The quantitative estimate of drug-likeness (QED) is 0.511. The van der Waals surface area contributed by atoms with Crippen molar-refractivity contribution in [3.63, 3.8) is 0 Å². The summed E-state index contributed by atoms with van der Waals surface area (Å²) < 4.78 is 0. The topological polar surface area (TPSA) is 12.9 Å². The molecule has 0 unspecified atom stereocenters. The van der Waals surface area contributed by atoms with E-state index in [2.05, 4.69) is 70.2 Å². The summed E-state index contributed by atoms with van der Waals surface area (Å²) in [5.41, 5.74) is 4.97. The fourth-order valence-electron chi connectivity index (χ4n) is 2.81. The van der Waals surface area contributed by atoms with Gasteiger partial charge in [-0.05, 0) is 36.1 Å². The van der Waals surface area contributed by atoms with Gasteiger partial charge in [-0.2, -0.15) is 0 Å². The molecule has 96 valence electrons. The van der Waals surface area contributed by atoms with E-state index in [0.29, 0.717) is 0 Å². The maximum absolute atomic E-state index is 4.79. The van der Waals surface area contributed by atoms with Crippen LogP contribution in [0.5, 0.6) is 0 Å². The molecule has 0 aliphatic heterocycles. The van der Waals surface area contributed by atoms with E-state index >= 15 is 0 Å². The number of nitrogens with zero attached hydrogens (tertiary/aromatic N) is 1. The van der Waals surface area contributed by atoms with E-state index in [-0.39, 0.29) is 5.41 Å². The Kier molecular flexibility index (Phi) is 2.60. The Hall–Kier alpha value is -1.89. The van der Waals surface area contributed by atoms with Crippen LogP contribution in [0.2, 0.25) is 0 Å². The fraction of sp³-hybridized carbons (Fsp3) is 0.278. The normalized spacial score (nSPS) is 12.2. The van der Waals surface area contributed by atoms with Crippen LogP contribution in [0.3, 0.4) is 0 Å². The molecule has 0 spiro atoms. The number of hydrogen-bond acceptors (Lipinski definition) is 1. The van der Waals surface area contributed by atoms with Gasteiger partial charge in [0.05, 0.1) is 11.0 Å². The Labute approximate surface area is 114 Å². The van der Waals surface area contributed by atoms with Crippen molar-refractivity contribution in [1.82, 2.24) is 4.98 Å². The summed E-state index contributed by atoms with van der Waals surface area (Å²) in [6, 6.07) is 15.0. The zero-order valence-corrected chi connectivity index (χ0v) is 12.0. The average Bonchev–Trinajstić information content (AvgIpc) is 2.34. The van der Waals surface area contributed by atoms with Crippen LogP contribution in [-0.2, 0) is 5.41 Å². The highest BCUT2D eigenvalue weighted by atomic mass is 14.7. The third kappa shape index (κ3) is 1.99. The van der Waals surface area contributed by atoms with E-state index in [1.165, 1.54) is 21.9 Å². The smallest absolute Gasteiger partial charge is 0.0712 e. The number of aryl methyl sites for hydroxylation is 1. The Morgan fingerprint density at radius 2 is 1.53 bits per heavy atom. The van der Waals surface area contributed by atoms with Crippen LogP contribution in [-0.4, -0.2) is 4.98 Å². The highest BCUT2D eigenvalue weighted by molar-refractivity contribution is 5.98. The number of pyridine rings is 1. The van der Waals surface area contributed by atoms with Crippen molar-refractivity contribution in [2.24, 2.45) is 0 Å². The van der Waals surface area contributed by atoms with Crippen molar-refractivity contribution in [3.8, 4) is 0 Å². The van der Waals surface area contributed by atoms with Crippen LogP contribution in [0, 0.1) is 6.92 Å². The zero-order chi connectivity index (χ0) is 13.6. The maximum Gasteiger partial charge on any atom is 0.0712 e. The Morgan fingerprint density at radius 3 is 2.26 bits per heavy atom. The summed E-state index contributed by atoms with van der Waals surface area (Å²) in [7, 11) is 0. The summed E-state index contributed by atoms with van der Waals surface area (Å²) in [6.45, 7) is 8.96. The van der Waals surface area contributed by atoms with Crippen LogP contribution < -0.4 is 0 Å². The van der Waals surface area contributed by atoms with Gasteiger partial charge in [0.25, 0.3) is 0 Å². The molecule has 0 N–H and O–H groups in total. The molecule has 19 heavy (non-hydrogen) atoms. The molecule has 0 radical (unpaired) electrons. The lowest BCUT2D eigenvalue weighted by Crippen LogP contribution is -2.13. The Bertz CT molecular complexity index is 764. The minimum absolute atomic E-state index is 0.106. The van der Waals surface area contributed by atoms with Crippen LogP contribution in [0.4, 0.5) is 0 Å². The number of fused-ring (bicyclic) bond motifs is 2. The molecule has 0 bridgehead atoms. The van der Waals surface area contributed by atoms with E-state index in [1.807, 2.05) is 0 Å². The molecule has 0 aliphatic carbocycles. The molecule has 0 amide bonds. The van der Waals surface area contributed by atoms with E-state index < -0.39 is 0 Å². The zero-order valence-electron chi connectivity index (χ0n) is 12.0. The number of rotatable bonds is 0. The van der Waals surface area contributed by atoms with Gasteiger partial charge in [-0.25, -0.2) is 4.98 Å². The molecule has 2 aromatic carbocycles. The first-order valence-electron chi connectivity index (χ1n) is 6.76. The van der Waals surface area contributed by atoms with Crippen molar-refractivity contribution in [2.75, 3.05) is 0 Å². The molecular formula is C18H19N. The SMILES string of the molecule is Cc1ccc2nc3ccccc3c(C(C)(C)C)c2c1. The minimum Gasteiger partial charge on any atom is -0.248 e. The van der Waals surface area contributed by atoms with Crippen molar-refractivity contribution in [1.29, 1.82) is 0 Å². The monoisotopic (exact) mass is 249 g/mol. The van der Waals surface area contributed by atoms with Crippen molar-refractivity contribution < 1.29 is 0 Å². The lowest BCUT2D eigenvalue weighted by atomic mass is 9.82. The first-order valence-corrected chi connectivity index (χ1v) is 6.76. The molecule has 0 saturated heterocycles. The van der Waals surface area contributed by atoms with Gasteiger partial charge >= 0.3 is 0 Å². The van der Waals surface area contributed by atoms with Gasteiger partial charge in [-0.3, -0.25) is 0 Å². The summed E-state index contributed by atoms with van der Waals surface area (Å²) >= 11 is 0. The van der Waals surface area contributed by atoms with E-state index in [1.54, 1.807) is 0 Å². The Balaban J connectivity index is 2.58. The van der Waals surface area contributed by atoms with Crippen LogP contribution >= 0.6 is 0 Å². The second-order valence-electron chi connectivity index (χ2n) is 6.27. The largest absolute Gasteiger partial charge is 0.248 e. The van der Waals surface area contributed by atoms with Crippen molar-refractivity contribution in [2.45, 2.75) is 33.1 Å². The summed E-state index contributed by atoms with van der Waals surface area (Å²) in [6.07, 6.45) is 0. The molecule has 1 nitrogen and oxygen atoms in total. The predicted molar refractivity (Wildman–Crippen MR) is 82.7 cm³/mol. The van der Waals surface area contributed by atoms with Gasteiger partial charge in [0, 0.05) is 10.8 Å². The molecule has 1 heterocycles. The standard InChI is InChI=1S/C18H19N/c1-12-9-10-16-14(11-12)17(18(2,3)4)13-7-5-6-8-15(13)19-16/h5-11H,1-4H3. The highest BCUT2D eigenvalue weighted by Crippen LogP contribution is 2.35. The van der Waals surface area contributed by atoms with Gasteiger partial charge in [0.1, 0.15) is 0 Å². The van der Waals surface area contributed by atoms with Crippen LogP contribution in [0.25, 0.3) is 21.8 Å². The average molecular weight is 249 g/mol. The van der Waals surface area contributed by atoms with Gasteiger partial charge in [0.15, 0.2) is 0 Å². The minimum atomic E-state index is 0.106. The molecule has 0 fully saturated rings. The number of benzene rings is 2. The summed E-state index contributed by atoms with van der Waals surface area (Å²) in [5, 5.41) is 2.55. The predicted octanol–water partition coefficient (Wildman–Crippen LogP) is 4.99. The van der Waals surface area contributed by atoms with Gasteiger partial charge < -0.3 is 0 Å². The van der Waals surface area contributed by atoms with Gasteiger partial charge in [-0.15, -0.1) is 0 Å². The second-order valence-corrected chi connectivity index (χ2v) is 6.27. The molecule has 0 aliphatic rings.